The Hall–Kier alpha value is -1.97. The maximum Gasteiger partial charge on any atom is 0.407 e. The van der Waals surface area contributed by atoms with E-state index in [2.05, 4.69) is 48.3 Å². The molecule has 1 aromatic rings. The molecule has 0 radical (unpaired) electrons. The monoisotopic (exact) mass is 304 g/mol. The Balaban J connectivity index is 2.45. The van der Waals surface area contributed by atoms with Crippen LogP contribution in [0.1, 0.15) is 40.2 Å². The minimum absolute atomic E-state index is 0.394. The van der Waals surface area contributed by atoms with E-state index in [9.17, 15) is 4.79 Å². The van der Waals surface area contributed by atoms with E-state index in [-0.39, 0.29) is 0 Å². The van der Waals surface area contributed by atoms with Gasteiger partial charge in [0.1, 0.15) is 5.60 Å². The first-order chi connectivity index (χ1) is 10.4. The summed E-state index contributed by atoms with van der Waals surface area (Å²) in [7, 11) is 0. The summed E-state index contributed by atoms with van der Waals surface area (Å²) in [6, 6.07) is 8.40. The summed E-state index contributed by atoms with van der Waals surface area (Å²) in [6.07, 6.45) is 3.51. The van der Waals surface area contributed by atoms with E-state index in [1.807, 2.05) is 32.9 Å². The summed E-state index contributed by atoms with van der Waals surface area (Å²) in [5, 5.41) is 2.70. The second kappa shape index (κ2) is 8.47. The Labute approximate surface area is 134 Å². The van der Waals surface area contributed by atoms with Crippen LogP contribution < -0.4 is 10.2 Å². The fourth-order valence-electron chi connectivity index (χ4n) is 2.04. The molecule has 0 aliphatic heterocycles. The van der Waals surface area contributed by atoms with Gasteiger partial charge in [0.2, 0.25) is 0 Å². The normalized spacial score (nSPS) is 11.5. The number of carbonyl (C=O) groups is 1. The molecule has 0 spiro atoms. The van der Waals surface area contributed by atoms with Gasteiger partial charge in [0.25, 0.3) is 0 Å². The van der Waals surface area contributed by atoms with E-state index in [1.165, 1.54) is 5.69 Å². The highest BCUT2D eigenvalue weighted by Gasteiger charge is 2.14. The zero-order valence-electron chi connectivity index (χ0n) is 14.3. The van der Waals surface area contributed by atoms with Gasteiger partial charge in [-0.3, -0.25) is 0 Å². The number of anilines is 1. The second-order valence-corrected chi connectivity index (χ2v) is 6.05. The van der Waals surface area contributed by atoms with Gasteiger partial charge in [-0.1, -0.05) is 24.3 Å². The number of alkyl carbamates (subject to hydrolysis) is 1. The van der Waals surface area contributed by atoms with Gasteiger partial charge in [-0.25, -0.2) is 4.79 Å². The molecule has 1 aromatic carbocycles. The largest absolute Gasteiger partial charge is 0.444 e. The van der Waals surface area contributed by atoms with Gasteiger partial charge in [-0.2, -0.15) is 0 Å². The maximum atomic E-state index is 11.5. The van der Waals surface area contributed by atoms with Gasteiger partial charge in [0.15, 0.2) is 0 Å². The highest BCUT2D eigenvalue weighted by Crippen LogP contribution is 2.15. The lowest BCUT2D eigenvalue weighted by atomic mass is 10.2. The molecule has 0 aliphatic carbocycles. The van der Waals surface area contributed by atoms with Crippen LogP contribution in [0.4, 0.5) is 10.5 Å². The van der Waals surface area contributed by atoms with Gasteiger partial charge in [0, 0.05) is 25.3 Å². The Morgan fingerprint density at radius 2 is 1.77 bits per heavy atom. The standard InChI is InChI=1S/C18H28N2O2/c1-6-20(7-2)16-12-10-15(11-13-16)9-8-14-19-17(21)22-18(3,4)5/h8-13H,6-7,14H2,1-5H3,(H,19,21). The molecular formula is C18H28N2O2. The van der Waals surface area contributed by atoms with E-state index in [0.29, 0.717) is 6.54 Å². The third-order valence-corrected chi connectivity index (χ3v) is 3.10. The van der Waals surface area contributed by atoms with Crippen molar-refractivity contribution in [1.29, 1.82) is 0 Å². The van der Waals surface area contributed by atoms with Gasteiger partial charge in [-0.05, 0) is 52.3 Å². The molecule has 0 unspecified atom stereocenters. The van der Waals surface area contributed by atoms with Gasteiger partial charge in [-0.15, -0.1) is 0 Å². The van der Waals surface area contributed by atoms with Crippen LogP contribution in [0.3, 0.4) is 0 Å². The fourth-order valence-corrected chi connectivity index (χ4v) is 2.04. The minimum atomic E-state index is -0.464. The second-order valence-electron chi connectivity index (χ2n) is 6.05. The summed E-state index contributed by atoms with van der Waals surface area (Å²) in [5.41, 5.74) is 1.88. The number of benzene rings is 1. The molecule has 22 heavy (non-hydrogen) atoms. The molecule has 122 valence electrons. The van der Waals surface area contributed by atoms with E-state index >= 15 is 0 Å². The van der Waals surface area contributed by atoms with Crippen molar-refractivity contribution in [2.45, 2.75) is 40.2 Å². The summed E-state index contributed by atoms with van der Waals surface area (Å²) < 4.78 is 5.17. The molecule has 1 rings (SSSR count). The topological polar surface area (TPSA) is 41.6 Å². The lowest BCUT2D eigenvalue weighted by molar-refractivity contribution is 0.0534. The number of hydrogen-bond donors (Lipinski definition) is 1. The van der Waals surface area contributed by atoms with Gasteiger partial charge >= 0.3 is 6.09 Å². The zero-order valence-corrected chi connectivity index (χ0v) is 14.3. The minimum Gasteiger partial charge on any atom is -0.444 e. The van der Waals surface area contributed by atoms with Crippen molar-refractivity contribution in [2.75, 3.05) is 24.5 Å². The summed E-state index contributed by atoms with van der Waals surface area (Å²) in [4.78, 5) is 13.8. The molecule has 0 bridgehead atoms. The van der Waals surface area contributed by atoms with Crippen LogP contribution in [0.15, 0.2) is 30.3 Å². The average Bonchev–Trinajstić information content (AvgIpc) is 2.44. The number of hydrogen-bond acceptors (Lipinski definition) is 3. The number of nitrogens with zero attached hydrogens (tertiary/aromatic N) is 1. The Bertz CT molecular complexity index is 483. The van der Waals surface area contributed by atoms with Crippen LogP contribution in [-0.4, -0.2) is 31.3 Å². The first kappa shape index (κ1) is 18.1. The number of amides is 1. The summed E-state index contributed by atoms with van der Waals surface area (Å²) in [5.74, 6) is 0. The van der Waals surface area contributed by atoms with Gasteiger partial charge in [0.05, 0.1) is 0 Å². The van der Waals surface area contributed by atoms with Crippen molar-refractivity contribution in [2.24, 2.45) is 0 Å². The SMILES string of the molecule is CCN(CC)c1ccc(C=CCNC(=O)OC(C)(C)C)cc1. The number of nitrogens with one attached hydrogen (secondary N) is 1. The molecule has 0 saturated heterocycles. The highest BCUT2D eigenvalue weighted by atomic mass is 16.6. The predicted octanol–water partition coefficient (Wildman–Crippen LogP) is 4.07. The molecule has 4 heteroatoms. The smallest absolute Gasteiger partial charge is 0.407 e. The first-order valence-electron chi connectivity index (χ1n) is 7.84. The maximum absolute atomic E-state index is 11.5. The number of carbonyl (C=O) groups excluding carboxylic acids is 1. The lowest BCUT2D eigenvalue weighted by Gasteiger charge is -2.20. The Morgan fingerprint density at radius 1 is 1.18 bits per heavy atom. The molecule has 0 saturated carbocycles. The van der Waals surface area contributed by atoms with E-state index in [1.54, 1.807) is 0 Å². The van der Waals surface area contributed by atoms with Crippen LogP contribution in [0, 0.1) is 0 Å². The van der Waals surface area contributed by atoms with Crippen molar-refractivity contribution in [1.82, 2.24) is 5.32 Å². The molecule has 0 fully saturated rings. The zero-order chi connectivity index (χ0) is 16.6. The third kappa shape index (κ3) is 6.66. The molecule has 0 aromatic heterocycles. The van der Waals surface area contributed by atoms with Crippen molar-refractivity contribution in [3.63, 3.8) is 0 Å². The van der Waals surface area contributed by atoms with E-state index in [4.69, 9.17) is 4.74 Å². The summed E-state index contributed by atoms with van der Waals surface area (Å²) >= 11 is 0. The fraction of sp³-hybridized carbons (Fsp3) is 0.500. The van der Waals surface area contributed by atoms with Crippen molar-refractivity contribution < 1.29 is 9.53 Å². The third-order valence-electron chi connectivity index (χ3n) is 3.10. The molecule has 0 aliphatic rings. The Morgan fingerprint density at radius 3 is 2.27 bits per heavy atom. The van der Waals surface area contributed by atoms with Crippen LogP contribution in [0.25, 0.3) is 6.08 Å². The quantitative estimate of drug-likeness (QED) is 0.861. The number of ether oxygens (including phenoxy) is 1. The van der Waals surface area contributed by atoms with Crippen LogP contribution >= 0.6 is 0 Å². The molecule has 1 N–H and O–H groups in total. The van der Waals surface area contributed by atoms with Crippen molar-refractivity contribution >= 4 is 17.9 Å². The molecule has 4 nitrogen and oxygen atoms in total. The molecule has 0 heterocycles. The predicted molar refractivity (Wildman–Crippen MR) is 93.3 cm³/mol. The average molecular weight is 304 g/mol. The van der Waals surface area contributed by atoms with E-state index < -0.39 is 11.7 Å². The molecule has 1 amide bonds. The lowest BCUT2D eigenvalue weighted by Crippen LogP contribution is -2.32. The van der Waals surface area contributed by atoms with Crippen molar-refractivity contribution in [3.8, 4) is 0 Å². The van der Waals surface area contributed by atoms with Gasteiger partial charge < -0.3 is 15.0 Å². The van der Waals surface area contributed by atoms with Crippen LogP contribution in [0.5, 0.6) is 0 Å². The van der Waals surface area contributed by atoms with Crippen LogP contribution in [-0.2, 0) is 4.74 Å². The molecule has 0 atom stereocenters. The van der Waals surface area contributed by atoms with Crippen LogP contribution in [0.2, 0.25) is 0 Å². The number of rotatable bonds is 6. The molecular weight excluding hydrogens is 276 g/mol. The van der Waals surface area contributed by atoms with E-state index in [0.717, 1.165) is 18.7 Å². The highest BCUT2D eigenvalue weighted by molar-refractivity contribution is 5.68. The Kier molecular flexibility index (Phi) is 6.96. The summed E-state index contributed by atoms with van der Waals surface area (Å²) in [6.45, 7) is 12.3. The first-order valence-corrected chi connectivity index (χ1v) is 7.84. The van der Waals surface area contributed by atoms with Crippen molar-refractivity contribution in [3.05, 3.63) is 35.9 Å².